The lowest BCUT2D eigenvalue weighted by molar-refractivity contribution is -0.114. The van der Waals surface area contributed by atoms with Gasteiger partial charge in [-0.25, -0.2) is 8.42 Å². The molecule has 0 radical (unpaired) electrons. The van der Waals surface area contributed by atoms with Gasteiger partial charge in [0, 0.05) is 31.5 Å². The second-order valence-electron chi connectivity index (χ2n) is 5.77. The van der Waals surface area contributed by atoms with Crippen LogP contribution in [0.25, 0.3) is 0 Å². The fourth-order valence-electron chi connectivity index (χ4n) is 2.98. The van der Waals surface area contributed by atoms with Crippen LogP contribution in [0.1, 0.15) is 31.4 Å². The molecular weight excluding hydrogens is 326 g/mol. The fourth-order valence-corrected chi connectivity index (χ4v) is 4.67. The van der Waals surface area contributed by atoms with Crippen molar-refractivity contribution in [1.82, 2.24) is 9.29 Å². The van der Waals surface area contributed by atoms with Gasteiger partial charge in [0.2, 0.25) is 15.9 Å². The number of sulfonamides is 1. The Morgan fingerprint density at radius 3 is 2.62 bits per heavy atom. The van der Waals surface area contributed by atoms with Crippen molar-refractivity contribution >= 4 is 21.6 Å². The van der Waals surface area contributed by atoms with E-state index in [0.29, 0.717) is 12.2 Å². The third-order valence-electron chi connectivity index (χ3n) is 4.05. The number of nitrogens with zero attached hydrogens (tertiary/aromatic N) is 2. The lowest BCUT2D eigenvalue weighted by Crippen LogP contribution is -2.30. The molecule has 1 amide bonds. The monoisotopic (exact) mass is 345 g/mol. The Morgan fingerprint density at radius 1 is 1.25 bits per heavy atom. The highest BCUT2D eigenvalue weighted by Crippen LogP contribution is 2.36. The van der Waals surface area contributed by atoms with Gasteiger partial charge >= 0.3 is 0 Å². The second-order valence-corrected chi connectivity index (χ2v) is 7.66. The van der Waals surface area contributed by atoms with Gasteiger partial charge in [-0.2, -0.15) is 4.31 Å². The van der Waals surface area contributed by atoms with E-state index in [9.17, 15) is 13.2 Å². The van der Waals surface area contributed by atoms with Gasteiger partial charge < -0.3 is 5.32 Å². The van der Waals surface area contributed by atoms with Crippen LogP contribution in [-0.2, 0) is 14.8 Å². The molecular formula is C17H19N3O3S. The Bertz CT molecular complexity index is 820. The quantitative estimate of drug-likeness (QED) is 0.923. The van der Waals surface area contributed by atoms with Gasteiger partial charge in [0.25, 0.3) is 0 Å². The summed E-state index contributed by atoms with van der Waals surface area (Å²) in [6, 6.07) is 9.80. The molecule has 1 saturated heterocycles. The number of nitrogens with one attached hydrogen (secondary N) is 1. The molecule has 1 N–H and O–H groups in total. The van der Waals surface area contributed by atoms with E-state index in [-0.39, 0.29) is 16.8 Å². The highest BCUT2D eigenvalue weighted by Gasteiger charge is 2.36. The zero-order valence-corrected chi connectivity index (χ0v) is 14.2. The SMILES string of the molecule is CC(=O)Nc1ccc(S(=O)(=O)N2CCC[C@H]2c2cccnc2)cc1. The number of carbonyl (C=O) groups excluding carboxylic acids is 1. The van der Waals surface area contributed by atoms with E-state index in [1.54, 1.807) is 24.5 Å². The Balaban J connectivity index is 1.88. The summed E-state index contributed by atoms with van der Waals surface area (Å²) in [5, 5.41) is 2.63. The van der Waals surface area contributed by atoms with Crippen LogP contribution in [0.15, 0.2) is 53.7 Å². The van der Waals surface area contributed by atoms with Crippen molar-refractivity contribution in [2.75, 3.05) is 11.9 Å². The van der Waals surface area contributed by atoms with Gasteiger partial charge in [0.05, 0.1) is 10.9 Å². The van der Waals surface area contributed by atoms with Crippen LogP contribution in [0.3, 0.4) is 0 Å². The van der Waals surface area contributed by atoms with Crippen LogP contribution in [0.2, 0.25) is 0 Å². The number of pyridine rings is 1. The number of benzene rings is 1. The highest BCUT2D eigenvalue weighted by atomic mass is 32.2. The summed E-state index contributed by atoms with van der Waals surface area (Å²) in [6.07, 6.45) is 5.01. The molecule has 3 rings (SSSR count). The molecule has 7 heteroatoms. The third-order valence-corrected chi connectivity index (χ3v) is 5.98. The molecule has 1 aliphatic rings. The Labute approximate surface area is 141 Å². The van der Waals surface area contributed by atoms with Crippen LogP contribution in [0, 0.1) is 0 Å². The molecule has 2 aromatic rings. The number of hydrogen-bond acceptors (Lipinski definition) is 4. The molecule has 1 aliphatic heterocycles. The zero-order chi connectivity index (χ0) is 17.2. The topological polar surface area (TPSA) is 79.4 Å². The first kappa shape index (κ1) is 16.6. The van der Waals surface area contributed by atoms with Crippen molar-refractivity contribution in [2.24, 2.45) is 0 Å². The van der Waals surface area contributed by atoms with Gasteiger partial charge in [-0.1, -0.05) is 6.07 Å². The van der Waals surface area contributed by atoms with Gasteiger partial charge in [0.1, 0.15) is 0 Å². The van der Waals surface area contributed by atoms with Gasteiger partial charge in [-0.05, 0) is 48.7 Å². The Kier molecular flexibility index (Phi) is 4.64. The number of hydrogen-bond donors (Lipinski definition) is 1. The first-order valence-electron chi connectivity index (χ1n) is 7.78. The molecule has 1 fully saturated rings. The molecule has 0 saturated carbocycles. The first-order valence-corrected chi connectivity index (χ1v) is 9.22. The van der Waals surface area contributed by atoms with Crippen molar-refractivity contribution in [3.8, 4) is 0 Å². The normalized spacial score (nSPS) is 18.5. The number of anilines is 1. The van der Waals surface area contributed by atoms with Crippen LogP contribution >= 0.6 is 0 Å². The second kappa shape index (κ2) is 6.70. The summed E-state index contributed by atoms with van der Waals surface area (Å²) < 4.78 is 27.5. The summed E-state index contributed by atoms with van der Waals surface area (Å²) in [5.74, 6) is -0.193. The van der Waals surface area contributed by atoms with E-state index < -0.39 is 10.0 Å². The molecule has 2 heterocycles. The largest absolute Gasteiger partial charge is 0.326 e. The molecule has 0 bridgehead atoms. The van der Waals surface area contributed by atoms with Gasteiger partial charge in [-0.3, -0.25) is 9.78 Å². The number of rotatable bonds is 4. The standard InChI is InChI=1S/C17H19N3O3S/c1-13(21)19-15-6-8-16(9-7-15)24(22,23)20-11-3-5-17(20)14-4-2-10-18-12-14/h2,4,6-10,12,17H,3,5,11H2,1H3,(H,19,21)/t17-/m0/s1. The highest BCUT2D eigenvalue weighted by molar-refractivity contribution is 7.89. The average Bonchev–Trinajstić information content (AvgIpc) is 3.06. The van der Waals surface area contributed by atoms with E-state index in [2.05, 4.69) is 10.3 Å². The Morgan fingerprint density at radius 2 is 2.00 bits per heavy atom. The summed E-state index contributed by atoms with van der Waals surface area (Å²) in [5.41, 5.74) is 1.49. The van der Waals surface area contributed by atoms with E-state index >= 15 is 0 Å². The summed E-state index contributed by atoms with van der Waals surface area (Å²) in [4.78, 5) is 15.4. The lowest BCUT2D eigenvalue weighted by atomic mass is 10.1. The van der Waals surface area contributed by atoms with Crippen molar-refractivity contribution < 1.29 is 13.2 Å². The minimum absolute atomic E-state index is 0.182. The molecule has 0 unspecified atom stereocenters. The molecule has 1 aromatic carbocycles. The van der Waals surface area contributed by atoms with E-state index in [4.69, 9.17) is 0 Å². The van der Waals surface area contributed by atoms with Crippen LogP contribution < -0.4 is 5.32 Å². The molecule has 0 spiro atoms. The maximum absolute atomic E-state index is 13.0. The average molecular weight is 345 g/mol. The third kappa shape index (κ3) is 3.32. The van der Waals surface area contributed by atoms with Gasteiger partial charge in [-0.15, -0.1) is 0 Å². The summed E-state index contributed by atoms with van der Waals surface area (Å²) >= 11 is 0. The molecule has 126 valence electrons. The van der Waals surface area contributed by atoms with E-state index in [1.807, 2.05) is 12.1 Å². The minimum atomic E-state index is -3.59. The molecule has 6 nitrogen and oxygen atoms in total. The zero-order valence-electron chi connectivity index (χ0n) is 13.3. The van der Waals surface area contributed by atoms with Crippen molar-refractivity contribution in [3.63, 3.8) is 0 Å². The number of aromatic nitrogens is 1. The van der Waals surface area contributed by atoms with Gasteiger partial charge in [0.15, 0.2) is 0 Å². The van der Waals surface area contributed by atoms with Crippen molar-refractivity contribution in [2.45, 2.75) is 30.7 Å². The number of carbonyl (C=O) groups is 1. The van der Waals surface area contributed by atoms with Crippen LogP contribution in [0.5, 0.6) is 0 Å². The van der Waals surface area contributed by atoms with Crippen molar-refractivity contribution in [1.29, 1.82) is 0 Å². The Hall–Kier alpha value is -2.25. The van der Waals surface area contributed by atoms with Crippen molar-refractivity contribution in [3.05, 3.63) is 54.4 Å². The van der Waals surface area contributed by atoms with Crippen LogP contribution in [-0.4, -0.2) is 30.2 Å². The minimum Gasteiger partial charge on any atom is -0.326 e. The van der Waals surface area contributed by atoms with E-state index in [0.717, 1.165) is 18.4 Å². The first-order chi connectivity index (χ1) is 11.5. The molecule has 1 aromatic heterocycles. The predicted molar refractivity (Wildman–Crippen MR) is 90.8 cm³/mol. The maximum atomic E-state index is 13.0. The fraction of sp³-hybridized carbons (Fsp3) is 0.294. The summed E-state index contributed by atoms with van der Waals surface area (Å²) in [6.45, 7) is 1.91. The molecule has 24 heavy (non-hydrogen) atoms. The molecule has 0 aliphatic carbocycles. The summed E-state index contributed by atoms with van der Waals surface area (Å²) in [7, 11) is -3.59. The smallest absolute Gasteiger partial charge is 0.243 e. The molecule has 1 atom stereocenters. The van der Waals surface area contributed by atoms with Crippen LogP contribution in [0.4, 0.5) is 5.69 Å². The predicted octanol–water partition coefficient (Wildman–Crippen LogP) is 2.57. The maximum Gasteiger partial charge on any atom is 0.243 e. The lowest BCUT2D eigenvalue weighted by Gasteiger charge is -2.24. The van der Waals surface area contributed by atoms with E-state index in [1.165, 1.54) is 23.4 Å². The number of amides is 1.